The van der Waals surface area contributed by atoms with Gasteiger partial charge >= 0.3 is 0 Å². The van der Waals surface area contributed by atoms with Crippen molar-refractivity contribution in [2.75, 3.05) is 19.5 Å². The Balaban J connectivity index is 1.86. The lowest BCUT2D eigenvalue weighted by atomic mass is 10.1. The lowest BCUT2D eigenvalue weighted by Gasteiger charge is -2.12. The molecule has 0 fully saturated rings. The summed E-state index contributed by atoms with van der Waals surface area (Å²) in [5, 5.41) is 15.7. The molecule has 0 radical (unpaired) electrons. The van der Waals surface area contributed by atoms with E-state index in [0.717, 1.165) is 17.7 Å². The van der Waals surface area contributed by atoms with Gasteiger partial charge in [-0.1, -0.05) is 42.8 Å². The predicted octanol–water partition coefficient (Wildman–Crippen LogP) is 6.02. The van der Waals surface area contributed by atoms with Gasteiger partial charge in [0.1, 0.15) is 28.1 Å². The van der Waals surface area contributed by atoms with Gasteiger partial charge in [0.15, 0.2) is 0 Å². The number of anilines is 1. The van der Waals surface area contributed by atoms with E-state index in [4.69, 9.17) is 21.1 Å². The van der Waals surface area contributed by atoms with Crippen molar-refractivity contribution in [2.45, 2.75) is 13.3 Å². The lowest BCUT2D eigenvalue weighted by Crippen LogP contribution is -1.96. The van der Waals surface area contributed by atoms with Gasteiger partial charge in [-0.25, -0.2) is 4.98 Å². The van der Waals surface area contributed by atoms with Gasteiger partial charge in [-0.3, -0.25) is 0 Å². The average molecular weight is 426 g/mol. The predicted molar refractivity (Wildman–Crippen MR) is 119 cm³/mol. The Labute approximate surface area is 179 Å². The fourth-order valence-corrected chi connectivity index (χ4v) is 3.73. The molecule has 0 atom stereocenters. The number of rotatable bonds is 7. The van der Waals surface area contributed by atoms with Crippen molar-refractivity contribution in [3.05, 3.63) is 63.6 Å². The Bertz CT molecular complexity index is 1070. The molecule has 0 aliphatic heterocycles. The summed E-state index contributed by atoms with van der Waals surface area (Å²) in [6, 6.07) is 13.9. The van der Waals surface area contributed by atoms with Gasteiger partial charge in [-0.2, -0.15) is 5.26 Å². The number of aromatic nitrogens is 1. The number of thiazole rings is 1. The van der Waals surface area contributed by atoms with E-state index >= 15 is 0 Å². The van der Waals surface area contributed by atoms with Crippen LogP contribution in [0.5, 0.6) is 11.5 Å². The quantitative estimate of drug-likeness (QED) is 0.469. The zero-order valence-corrected chi connectivity index (χ0v) is 17.9. The monoisotopic (exact) mass is 425 g/mol. The van der Waals surface area contributed by atoms with Crippen LogP contribution in [0.1, 0.15) is 17.5 Å². The average Bonchev–Trinajstić information content (AvgIpc) is 3.24. The van der Waals surface area contributed by atoms with Gasteiger partial charge in [-0.05, 0) is 12.0 Å². The van der Waals surface area contributed by atoms with Crippen molar-refractivity contribution in [1.29, 1.82) is 5.26 Å². The van der Waals surface area contributed by atoms with E-state index < -0.39 is 0 Å². The van der Waals surface area contributed by atoms with Crippen molar-refractivity contribution >= 4 is 34.2 Å². The van der Waals surface area contributed by atoms with Gasteiger partial charge in [-0.15, -0.1) is 11.3 Å². The third-order valence-electron chi connectivity index (χ3n) is 4.36. The molecule has 0 saturated heterocycles. The van der Waals surface area contributed by atoms with Crippen LogP contribution in [0.15, 0.2) is 48.0 Å². The number of nitriles is 1. The first kappa shape index (κ1) is 20.7. The van der Waals surface area contributed by atoms with Crippen LogP contribution >= 0.6 is 22.9 Å². The van der Waals surface area contributed by atoms with Crippen LogP contribution in [0, 0.1) is 11.3 Å². The maximum atomic E-state index is 9.61. The molecule has 29 heavy (non-hydrogen) atoms. The molecule has 1 heterocycles. The van der Waals surface area contributed by atoms with E-state index in [9.17, 15) is 5.26 Å². The van der Waals surface area contributed by atoms with E-state index in [1.54, 1.807) is 25.4 Å². The fourth-order valence-electron chi connectivity index (χ4n) is 2.71. The number of hydrogen-bond acceptors (Lipinski definition) is 6. The summed E-state index contributed by atoms with van der Waals surface area (Å²) >= 11 is 7.56. The Morgan fingerprint density at radius 2 is 1.93 bits per heavy atom. The SMILES string of the molecule is CCc1ccc(-c2csc(/C(C#N)=C\Nc3cc(OC)c(Cl)cc3OC)n2)cc1. The molecule has 0 amide bonds. The van der Waals surface area contributed by atoms with Crippen LogP contribution in [-0.2, 0) is 6.42 Å². The molecule has 3 aromatic rings. The van der Waals surface area contributed by atoms with Crippen molar-refractivity contribution in [3.63, 3.8) is 0 Å². The Hall–Kier alpha value is -3.01. The molecular formula is C22H20ClN3O2S. The summed E-state index contributed by atoms with van der Waals surface area (Å²) in [6.45, 7) is 2.12. The number of nitrogens with zero attached hydrogens (tertiary/aromatic N) is 2. The molecule has 0 bridgehead atoms. The second-order valence-electron chi connectivity index (χ2n) is 6.09. The molecule has 2 aromatic carbocycles. The third kappa shape index (κ3) is 4.70. The molecule has 0 aliphatic rings. The minimum absolute atomic E-state index is 0.419. The number of methoxy groups -OCH3 is 2. The van der Waals surface area contributed by atoms with Crippen LogP contribution in [0.2, 0.25) is 5.02 Å². The van der Waals surface area contributed by atoms with Gasteiger partial charge in [0.05, 0.1) is 30.6 Å². The number of benzene rings is 2. The lowest BCUT2D eigenvalue weighted by molar-refractivity contribution is 0.405. The molecule has 148 valence electrons. The topological polar surface area (TPSA) is 67.2 Å². The second kappa shape index (κ2) is 9.46. The first-order valence-electron chi connectivity index (χ1n) is 8.93. The summed E-state index contributed by atoms with van der Waals surface area (Å²) in [5.74, 6) is 1.05. The fraction of sp³-hybridized carbons (Fsp3) is 0.182. The summed E-state index contributed by atoms with van der Waals surface area (Å²) in [5.41, 5.74) is 4.20. The zero-order valence-electron chi connectivity index (χ0n) is 16.3. The summed E-state index contributed by atoms with van der Waals surface area (Å²) < 4.78 is 10.6. The first-order chi connectivity index (χ1) is 14.1. The van der Waals surface area contributed by atoms with E-state index in [2.05, 4.69) is 47.6 Å². The maximum absolute atomic E-state index is 9.61. The second-order valence-corrected chi connectivity index (χ2v) is 7.35. The number of aryl methyl sites for hydroxylation is 1. The van der Waals surface area contributed by atoms with Crippen molar-refractivity contribution in [2.24, 2.45) is 0 Å². The zero-order chi connectivity index (χ0) is 20.8. The Morgan fingerprint density at radius 3 is 2.55 bits per heavy atom. The molecule has 1 aromatic heterocycles. The minimum atomic E-state index is 0.419. The van der Waals surface area contributed by atoms with Crippen molar-refractivity contribution in [1.82, 2.24) is 4.98 Å². The summed E-state index contributed by atoms with van der Waals surface area (Å²) in [4.78, 5) is 4.62. The van der Waals surface area contributed by atoms with Crippen molar-refractivity contribution in [3.8, 4) is 28.8 Å². The molecule has 5 nitrogen and oxygen atoms in total. The maximum Gasteiger partial charge on any atom is 0.144 e. The van der Waals surface area contributed by atoms with Crippen LogP contribution in [-0.4, -0.2) is 19.2 Å². The molecule has 7 heteroatoms. The number of nitrogens with one attached hydrogen (secondary N) is 1. The van der Waals surface area contributed by atoms with Crippen molar-refractivity contribution < 1.29 is 9.47 Å². The molecule has 3 rings (SSSR count). The molecular weight excluding hydrogens is 406 g/mol. The number of hydrogen-bond donors (Lipinski definition) is 1. The van der Waals surface area contributed by atoms with Gasteiger partial charge in [0.25, 0.3) is 0 Å². The minimum Gasteiger partial charge on any atom is -0.495 e. The van der Waals surface area contributed by atoms with Gasteiger partial charge < -0.3 is 14.8 Å². The van der Waals surface area contributed by atoms with Crippen LogP contribution in [0.25, 0.3) is 16.8 Å². The van der Waals surface area contributed by atoms with Gasteiger partial charge in [0, 0.05) is 29.3 Å². The molecule has 1 N–H and O–H groups in total. The largest absolute Gasteiger partial charge is 0.495 e. The highest BCUT2D eigenvalue weighted by Gasteiger charge is 2.12. The smallest absolute Gasteiger partial charge is 0.144 e. The summed E-state index contributed by atoms with van der Waals surface area (Å²) in [7, 11) is 3.09. The van der Waals surface area contributed by atoms with E-state index in [1.807, 2.05) is 5.38 Å². The third-order valence-corrected chi connectivity index (χ3v) is 5.53. The normalized spacial score (nSPS) is 11.1. The summed E-state index contributed by atoms with van der Waals surface area (Å²) in [6.07, 6.45) is 2.60. The van der Waals surface area contributed by atoms with Crippen LogP contribution < -0.4 is 14.8 Å². The van der Waals surface area contributed by atoms with Gasteiger partial charge in [0.2, 0.25) is 0 Å². The van der Waals surface area contributed by atoms with E-state index in [0.29, 0.717) is 32.8 Å². The number of ether oxygens (including phenoxy) is 2. The van der Waals surface area contributed by atoms with E-state index in [-0.39, 0.29) is 0 Å². The Morgan fingerprint density at radius 1 is 1.21 bits per heavy atom. The standard InChI is InChI=1S/C22H20ClN3O2S/c1-4-14-5-7-15(8-6-14)19-13-29-22(26-19)16(11-24)12-25-18-10-20(27-2)17(23)9-21(18)28-3/h5-10,12-13,25H,4H2,1-3H3/b16-12-. The number of allylic oxidation sites excluding steroid dienone is 1. The molecule has 0 saturated carbocycles. The number of halogens is 1. The first-order valence-corrected chi connectivity index (χ1v) is 10.2. The highest BCUT2D eigenvalue weighted by Crippen LogP contribution is 2.36. The molecule has 0 unspecified atom stereocenters. The highest BCUT2D eigenvalue weighted by molar-refractivity contribution is 7.11. The van der Waals surface area contributed by atoms with Crippen LogP contribution in [0.3, 0.4) is 0 Å². The molecule has 0 spiro atoms. The van der Waals surface area contributed by atoms with E-state index in [1.165, 1.54) is 24.0 Å². The van der Waals surface area contributed by atoms with Crippen LogP contribution in [0.4, 0.5) is 5.69 Å². The molecule has 0 aliphatic carbocycles. The highest BCUT2D eigenvalue weighted by atomic mass is 35.5. The Kier molecular flexibility index (Phi) is 6.76.